The van der Waals surface area contributed by atoms with Crippen molar-refractivity contribution in [3.63, 3.8) is 0 Å². The van der Waals surface area contributed by atoms with E-state index >= 15 is 0 Å². The molecule has 106 valence electrons. The lowest BCUT2D eigenvalue weighted by molar-refractivity contribution is -0.121. The van der Waals surface area contributed by atoms with Gasteiger partial charge in [-0.25, -0.2) is 0 Å². The smallest absolute Gasteiger partial charge is 0.387 e. The topological polar surface area (TPSA) is 58.6 Å². The molecule has 0 bridgehead atoms. The van der Waals surface area contributed by atoms with Gasteiger partial charge in [-0.2, -0.15) is 8.78 Å². The first-order valence-corrected chi connectivity index (χ1v) is 5.96. The number of nitrogens with one attached hydrogen (secondary N) is 1. The first-order chi connectivity index (χ1) is 8.97. The van der Waals surface area contributed by atoms with Crippen LogP contribution < -0.4 is 10.1 Å². The van der Waals surface area contributed by atoms with Crippen molar-refractivity contribution in [2.24, 2.45) is 0 Å². The predicted octanol–water partition coefficient (Wildman–Crippen LogP) is 2.07. The molecule has 0 fully saturated rings. The molecule has 1 rings (SSSR count). The molecule has 0 spiro atoms. The number of ether oxygens (including phenoxy) is 1. The second-order valence-electron chi connectivity index (χ2n) is 4.19. The van der Waals surface area contributed by atoms with Gasteiger partial charge in [0.2, 0.25) is 5.91 Å². The SMILES string of the molecule is CC(O)CCC(=O)NCc1ccc(OC(F)F)cc1. The summed E-state index contributed by atoms with van der Waals surface area (Å²) in [4.78, 5) is 11.4. The highest BCUT2D eigenvalue weighted by atomic mass is 19.3. The molecule has 0 aliphatic carbocycles. The zero-order valence-electron chi connectivity index (χ0n) is 10.6. The average Bonchev–Trinajstić information content (AvgIpc) is 2.35. The molecule has 0 aromatic heterocycles. The van der Waals surface area contributed by atoms with Gasteiger partial charge in [0.25, 0.3) is 0 Å². The van der Waals surface area contributed by atoms with E-state index in [0.717, 1.165) is 5.56 Å². The van der Waals surface area contributed by atoms with Crippen LogP contribution in [0.5, 0.6) is 5.75 Å². The molecule has 1 atom stereocenters. The van der Waals surface area contributed by atoms with Crippen LogP contribution in [-0.2, 0) is 11.3 Å². The summed E-state index contributed by atoms with van der Waals surface area (Å²) in [5, 5.41) is 11.7. The molecular weight excluding hydrogens is 256 g/mol. The second kappa shape index (κ2) is 7.68. The monoisotopic (exact) mass is 273 g/mol. The summed E-state index contributed by atoms with van der Waals surface area (Å²) in [6, 6.07) is 6.05. The fourth-order valence-corrected chi connectivity index (χ4v) is 1.42. The fraction of sp³-hybridized carbons (Fsp3) is 0.462. The Morgan fingerprint density at radius 1 is 1.37 bits per heavy atom. The van der Waals surface area contributed by atoms with Crippen LogP contribution in [0.3, 0.4) is 0 Å². The van der Waals surface area contributed by atoms with Gasteiger partial charge in [0.15, 0.2) is 0 Å². The van der Waals surface area contributed by atoms with Gasteiger partial charge >= 0.3 is 6.61 Å². The van der Waals surface area contributed by atoms with Gasteiger partial charge in [-0.05, 0) is 31.0 Å². The Hall–Kier alpha value is -1.69. The van der Waals surface area contributed by atoms with Crippen molar-refractivity contribution in [2.75, 3.05) is 0 Å². The van der Waals surface area contributed by atoms with Gasteiger partial charge in [0.05, 0.1) is 6.10 Å². The van der Waals surface area contributed by atoms with E-state index in [1.165, 1.54) is 12.1 Å². The molecule has 4 nitrogen and oxygen atoms in total. The Bertz CT molecular complexity index is 393. The number of aliphatic hydroxyl groups is 1. The molecule has 1 aromatic rings. The highest BCUT2D eigenvalue weighted by Crippen LogP contribution is 2.14. The number of rotatable bonds is 7. The summed E-state index contributed by atoms with van der Waals surface area (Å²) >= 11 is 0. The second-order valence-corrected chi connectivity index (χ2v) is 4.19. The third-order valence-electron chi connectivity index (χ3n) is 2.43. The van der Waals surface area contributed by atoms with Crippen molar-refractivity contribution in [3.05, 3.63) is 29.8 Å². The number of hydrogen-bond acceptors (Lipinski definition) is 3. The Balaban J connectivity index is 2.35. The normalized spacial score (nSPS) is 12.3. The Labute approximate surface area is 110 Å². The number of alkyl halides is 2. The molecule has 0 aliphatic heterocycles. The zero-order chi connectivity index (χ0) is 14.3. The molecular formula is C13H17F2NO3. The Kier molecular flexibility index (Phi) is 6.21. The molecule has 0 radical (unpaired) electrons. The van der Waals surface area contributed by atoms with Crippen LogP contribution in [0.2, 0.25) is 0 Å². The average molecular weight is 273 g/mol. The van der Waals surface area contributed by atoms with Crippen LogP contribution in [0.4, 0.5) is 8.78 Å². The lowest BCUT2D eigenvalue weighted by Gasteiger charge is -2.08. The first kappa shape index (κ1) is 15.4. The first-order valence-electron chi connectivity index (χ1n) is 5.96. The maximum Gasteiger partial charge on any atom is 0.387 e. The number of carbonyl (C=O) groups excluding carboxylic acids is 1. The van der Waals surface area contributed by atoms with E-state index in [4.69, 9.17) is 5.11 Å². The molecule has 1 unspecified atom stereocenters. The highest BCUT2D eigenvalue weighted by Gasteiger charge is 2.05. The summed E-state index contributed by atoms with van der Waals surface area (Å²) in [6.07, 6.45) is 0.161. The van der Waals surface area contributed by atoms with Crippen LogP contribution in [0.1, 0.15) is 25.3 Å². The number of benzene rings is 1. The standard InChI is InChI=1S/C13H17F2NO3/c1-9(17)2-7-12(18)16-8-10-3-5-11(6-4-10)19-13(14)15/h3-6,9,13,17H,2,7-8H2,1H3,(H,16,18). The van der Waals surface area contributed by atoms with Crippen molar-refractivity contribution in [1.29, 1.82) is 0 Å². The van der Waals surface area contributed by atoms with E-state index in [1.807, 2.05) is 0 Å². The third-order valence-corrected chi connectivity index (χ3v) is 2.43. The van der Waals surface area contributed by atoms with Gasteiger partial charge in [-0.15, -0.1) is 0 Å². The maximum atomic E-state index is 11.9. The van der Waals surface area contributed by atoms with Gasteiger partial charge in [0, 0.05) is 13.0 Å². The van der Waals surface area contributed by atoms with Crippen LogP contribution in [0.15, 0.2) is 24.3 Å². The van der Waals surface area contributed by atoms with E-state index < -0.39 is 12.7 Å². The van der Waals surface area contributed by atoms with Crippen LogP contribution >= 0.6 is 0 Å². The van der Waals surface area contributed by atoms with Crippen molar-refractivity contribution in [3.8, 4) is 5.75 Å². The predicted molar refractivity (Wildman–Crippen MR) is 65.8 cm³/mol. The van der Waals surface area contributed by atoms with Crippen LogP contribution in [0, 0.1) is 0 Å². The molecule has 1 aromatic carbocycles. The summed E-state index contributed by atoms with van der Waals surface area (Å²) in [5.74, 6) is -0.0759. The Morgan fingerprint density at radius 3 is 2.53 bits per heavy atom. The fourth-order valence-electron chi connectivity index (χ4n) is 1.42. The lowest BCUT2D eigenvalue weighted by Crippen LogP contribution is -2.23. The minimum absolute atomic E-state index is 0.0826. The van der Waals surface area contributed by atoms with Crippen molar-refractivity contribution in [1.82, 2.24) is 5.32 Å². The van der Waals surface area contributed by atoms with Gasteiger partial charge in [-0.1, -0.05) is 12.1 Å². The van der Waals surface area contributed by atoms with Crippen molar-refractivity contribution >= 4 is 5.91 Å². The van der Waals surface area contributed by atoms with E-state index in [1.54, 1.807) is 19.1 Å². The molecule has 19 heavy (non-hydrogen) atoms. The van der Waals surface area contributed by atoms with Gasteiger partial charge < -0.3 is 15.2 Å². The molecule has 2 N–H and O–H groups in total. The van der Waals surface area contributed by atoms with E-state index in [2.05, 4.69) is 10.1 Å². The number of aliphatic hydroxyl groups excluding tert-OH is 1. The maximum absolute atomic E-state index is 11.9. The zero-order valence-corrected chi connectivity index (χ0v) is 10.6. The van der Waals surface area contributed by atoms with E-state index in [9.17, 15) is 13.6 Å². The molecule has 0 saturated heterocycles. The molecule has 0 heterocycles. The number of hydrogen-bond donors (Lipinski definition) is 2. The third kappa shape index (κ3) is 6.71. The molecule has 1 amide bonds. The Morgan fingerprint density at radius 2 is 2.00 bits per heavy atom. The quantitative estimate of drug-likeness (QED) is 0.799. The molecule has 6 heteroatoms. The van der Waals surface area contributed by atoms with Crippen molar-refractivity contribution < 1.29 is 23.4 Å². The summed E-state index contributed by atoms with van der Waals surface area (Å²) < 4.78 is 28.1. The van der Waals surface area contributed by atoms with Gasteiger partial charge in [0.1, 0.15) is 5.75 Å². The summed E-state index contributed by atoms with van der Waals surface area (Å²) in [6.45, 7) is -0.908. The summed E-state index contributed by atoms with van der Waals surface area (Å²) in [5.41, 5.74) is 0.784. The van der Waals surface area contributed by atoms with Crippen LogP contribution in [-0.4, -0.2) is 23.7 Å². The van der Waals surface area contributed by atoms with Crippen molar-refractivity contribution in [2.45, 2.75) is 39.0 Å². The van der Waals surface area contributed by atoms with E-state index in [0.29, 0.717) is 13.0 Å². The highest BCUT2D eigenvalue weighted by molar-refractivity contribution is 5.75. The van der Waals surface area contributed by atoms with Crippen LogP contribution in [0.25, 0.3) is 0 Å². The number of amides is 1. The molecule has 0 saturated carbocycles. The van der Waals surface area contributed by atoms with Gasteiger partial charge in [-0.3, -0.25) is 4.79 Å². The minimum atomic E-state index is -2.84. The largest absolute Gasteiger partial charge is 0.435 e. The lowest BCUT2D eigenvalue weighted by atomic mass is 10.2. The molecule has 0 aliphatic rings. The minimum Gasteiger partial charge on any atom is -0.435 e. The summed E-state index contributed by atoms with van der Waals surface area (Å²) in [7, 11) is 0. The number of carbonyl (C=O) groups is 1. The number of halogens is 2. The van der Waals surface area contributed by atoms with E-state index in [-0.39, 0.29) is 18.1 Å².